The van der Waals surface area contributed by atoms with Crippen LogP contribution in [0.4, 0.5) is 0 Å². The van der Waals surface area contributed by atoms with Crippen molar-refractivity contribution in [1.29, 1.82) is 0 Å². The van der Waals surface area contributed by atoms with Gasteiger partial charge in [0.15, 0.2) is 0 Å². The lowest BCUT2D eigenvalue weighted by Crippen LogP contribution is -2.38. The third-order valence-corrected chi connectivity index (χ3v) is 3.22. The van der Waals surface area contributed by atoms with Gasteiger partial charge in [-0.3, -0.25) is 4.98 Å². The van der Waals surface area contributed by atoms with Crippen molar-refractivity contribution in [2.24, 2.45) is 5.73 Å². The van der Waals surface area contributed by atoms with E-state index in [1.54, 1.807) is 6.20 Å². The number of benzene rings is 1. The molecule has 0 fully saturated rings. The Morgan fingerprint density at radius 2 is 1.88 bits per heavy atom. The van der Waals surface area contributed by atoms with Crippen molar-refractivity contribution in [2.45, 2.75) is 25.3 Å². The molecule has 2 heteroatoms. The number of hydrogen-bond acceptors (Lipinski definition) is 2. The summed E-state index contributed by atoms with van der Waals surface area (Å²) in [6.07, 6.45) is 5.41. The van der Waals surface area contributed by atoms with Gasteiger partial charge >= 0.3 is 0 Å². The first kappa shape index (κ1) is 11.8. The molecule has 0 spiro atoms. The first-order chi connectivity index (χ1) is 8.24. The highest BCUT2D eigenvalue weighted by Crippen LogP contribution is 2.26. The van der Waals surface area contributed by atoms with E-state index < -0.39 is 0 Å². The highest BCUT2D eigenvalue weighted by atomic mass is 14.7. The first-order valence-corrected chi connectivity index (χ1v) is 5.98. The topological polar surface area (TPSA) is 38.9 Å². The summed E-state index contributed by atoms with van der Waals surface area (Å²) in [5, 5.41) is 0. The molecule has 0 bridgehead atoms. The first-order valence-electron chi connectivity index (χ1n) is 5.98. The Labute approximate surface area is 103 Å². The van der Waals surface area contributed by atoms with Crippen molar-refractivity contribution < 1.29 is 0 Å². The maximum absolute atomic E-state index is 6.52. The highest BCUT2D eigenvalue weighted by molar-refractivity contribution is 5.27. The van der Waals surface area contributed by atoms with Crippen LogP contribution in [0.25, 0.3) is 0 Å². The van der Waals surface area contributed by atoms with Crippen molar-refractivity contribution in [2.75, 3.05) is 0 Å². The van der Waals surface area contributed by atoms with E-state index in [0.29, 0.717) is 0 Å². The van der Waals surface area contributed by atoms with Crippen LogP contribution in [0.5, 0.6) is 0 Å². The molecule has 0 aliphatic heterocycles. The van der Waals surface area contributed by atoms with Crippen LogP contribution >= 0.6 is 0 Å². The Morgan fingerprint density at radius 1 is 1.12 bits per heavy atom. The minimum Gasteiger partial charge on any atom is -0.321 e. The minimum atomic E-state index is -0.301. The van der Waals surface area contributed by atoms with Crippen LogP contribution in [0.3, 0.4) is 0 Å². The third kappa shape index (κ3) is 2.71. The van der Waals surface area contributed by atoms with Crippen molar-refractivity contribution in [1.82, 2.24) is 4.98 Å². The number of nitrogens with two attached hydrogens (primary N) is 1. The van der Waals surface area contributed by atoms with Gasteiger partial charge in [0.2, 0.25) is 0 Å². The van der Waals surface area contributed by atoms with Crippen molar-refractivity contribution in [3.8, 4) is 0 Å². The zero-order valence-electron chi connectivity index (χ0n) is 10.1. The summed E-state index contributed by atoms with van der Waals surface area (Å²) in [5.74, 6) is 0. The second-order valence-electron chi connectivity index (χ2n) is 4.41. The SMILES string of the molecule is CCC(N)(Cc1cccnc1)c1ccccc1. The Kier molecular flexibility index (Phi) is 3.55. The minimum absolute atomic E-state index is 0.301. The fraction of sp³-hybridized carbons (Fsp3) is 0.267. The van der Waals surface area contributed by atoms with Gasteiger partial charge in [0.05, 0.1) is 0 Å². The van der Waals surface area contributed by atoms with E-state index in [2.05, 4.69) is 30.1 Å². The Bertz CT molecular complexity index is 453. The predicted molar refractivity (Wildman–Crippen MR) is 70.5 cm³/mol. The van der Waals surface area contributed by atoms with Gasteiger partial charge in [-0.1, -0.05) is 43.3 Å². The molecule has 0 amide bonds. The second kappa shape index (κ2) is 5.11. The molecule has 1 atom stereocenters. The second-order valence-corrected chi connectivity index (χ2v) is 4.41. The maximum Gasteiger partial charge on any atom is 0.0448 e. The number of aromatic nitrogens is 1. The summed E-state index contributed by atoms with van der Waals surface area (Å²) in [6, 6.07) is 14.3. The van der Waals surface area contributed by atoms with E-state index in [1.165, 1.54) is 11.1 Å². The average molecular weight is 226 g/mol. The lowest BCUT2D eigenvalue weighted by molar-refractivity contribution is 0.424. The molecule has 1 heterocycles. The van der Waals surface area contributed by atoms with Crippen molar-refractivity contribution in [3.63, 3.8) is 0 Å². The van der Waals surface area contributed by atoms with Crippen LogP contribution in [0.1, 0.15) is 24.5 Å². The molecule has 0 saturated carbocycles. The molecule has 2 nitrogen and oxygen atoms in total. The number of pyridine rings is 1. The Morgan fingerprint density at radius 3 is 2.47 bits per heavy atom. The molecular formula is C15H18N2. The van der Waals surface area contributed by atoms with Crippen LogP contribution < -0.4 is 5.73 Å². The summed E-state index contributed by atoms with van der Waals surface area (Å²) < 4.78 is 0. The average Bonchev–Trinajstić information content (AvgIpc) is 2.41. The molecule has 88 valence electrons. The van der Waals surface area contributed by atoms with E-state index in [0.717, 1.165) is 12.8 Å². The zero-order chi connectivity index (χ0) is 12.1. The summed E-state index contributed by atoms with van der Waals surface area (Å²) in [5.41, 5.74) is 8.59. The lowest BCUT2D eigenvalue weighted by atomic mass is 9.83. The summed E-state index contributed by atoms with van der Waals surface area (Å²) in [7, 11) is 0. The summed E-state index contributed by atoms with van der Waals surface area (Å²) in [4.78, 5) is 4.14. The Balaban J connectivity index is 2.27. The molecule has 2 rings (SSSR count). The van der Waals surface area contributed by atoms with Gasteiger partial charge in [0, 0.05) is 17.9 Å². The molecule has 0 radical (unpaired) electrons. The van der Waals surface area contributed by atoms with E-state index in [1.807, 2.05) is 30.5 Å². The highest BCUT2D eigenvalue weighted by Gasteiger charge is 2.25. The molecule has 2 N–H and O–H groups in total. The van der Waals surface area contributed by atoms with Gasteiger partial charge in [-0.05, 0) is 30.0 Å². The molecule has 1 aromatic heterocycles. The largest absolute Gasteiger partial charge is 0.321 e. The van der Waals surface area contributed by atoms with Gasteiger partial charge in [-0.2, -0.15) is 0 Å². The standard InChI is InChI=1S/C15H18N2/c1-2-15(16,14-8-4-3-5-9-14)11-13-7-6-10-17-12-13/h3-10,12H,2,11,16H2,1H3. The lowest BCUT2D eigenvalue weighted by Gasteiger charge is -2.29. The van der Waals surface area contributed by atoms with E-state index in [9.17, 15) is 0 Å². The molecule has 0 aliphatic carbocycles. The zero-order valence-corrected chi connectivity index (χ0v) is 10.1. The molecule has 1 aromatic carbocycles. The third-order valence-electron chi connectivity index (χ3n) is 3.22. The molecule has 0 saturated heterocycles. The van der Waals surface area contributed by atoms with Crippen molar-refractivity contribution >= 4 is 0 Å². The predicted octanol–water partition coefficient (Wildman–Crippen LogP) is 2.89. The molecule has 2 aromatic rings. The normalized spacial score (nSPS) is 14.2. The van der Waals surface area contributed by atoms with Gasteiger partial charge in [0.25, 0.3) is 0 Å². The smallest absolute Gasteiger partial charge is 0.0448 e. The number of rotatable bonds is 4. The number of nitrogens with zero attached hydrogens (tertiary/aromatic N) is 1. The summed E-state index contributed by atoms with van der Waals surface area (Å²) in [6.45, 7) is 2.13. The van der Waals surface area contributed by atoms with Crippen LogP contribution in [-0.2, 0) is 12.0 Å². The molecule has 17 heavy (non-hydrogen) atoms. The summed E-state index contributed by atoms with van der Waals surface area (Å²) >= 11 is 0. The molecular weight excluding hydrogens is 208 g/mol. The fourth-order valence-electron chi connectivity index (χ4n) is 2.07. The van der Waals surface area contributed by atoms with Gasteiger partial charge in [0.1, 0.15) is 0 Å². The van der Waals surface area contributed by atoms with E-state index in [-0.39, 0.29) is 5.54 Å². The van der Waals surface area contributed by atoms with Crippen LogP contribution in [0.2, 0.25) is 0 Å². The maximum atomic E-state index is 6.52. The molecule has 1 unspecified atom stereocenters. The van der Waals surface area contributed by atoms with E-state index in [4.69, 9.17) is 5.73 Å². The quantitative estimate of drug-likeness (QED) is 0.870. The van der Waals surface area contributed by atoms with Gasteiger partial charge in [-0.25, -0.2) is 0 Å². The number of hydrogen-bond donors (Lipinski definition) is 1. The van der Waals surface area contributed by atoms with Crippen LogP contribution in [0.15, 0.2) is 54.9 Å². The van der Waals surface area contributed by atoms with Crippen LogP contribution in [-0.4, -0.2) is 4.98 Å². The molecule has 0 aliphatic rings. The monoisotopic (exact) mass is 226 g/mol. The van der Waals surface area contributed by atoms with Gasteiger partial charge in [-0.15, -0.1) is 0 Å². The van der Waals surface area contributed by atoms with E-state index >= 15 is 0 Å². The fourth-order valence-corrected chi connectivity index (χ4v) is 2.07. The van der Waals surface area contributed by atoms with Crippen molar-refractivity contribution in [3.05, 3.63) is 66.0 Å². The van der Waals surface area contributed by atoms with Crippen LogP contribution in [0, 0.1) is 0 Å². The van der Waals surface area contributed by atoms with Gasteiger partial charge < -0.3 is 5.73 Å². The Hall–Kier alpha value is -1.67.